The zero-order chi connectivity index (χ0) is 24.5. The summed E-state index contributed by atoms with van der Waals surface area (Å²) in [7, 11) is -0.196. The van der Waals surface area contributed by atoms with Gasteiger partial charge in [0.05, 0.1) is 0 Å². The van der Waals surface area contributed by atoms with Crippen molar-refractivity contribution in [3.8, 4) is 16.2 Å². The number of carboxylic acid groups (broad SMARTS) is 1. The number of carboxylic acids is 1. The number of thiophene rings is 1. The second kappa shape index (κ2) is 10.9. The molecule has 1 aliphatic rings. The molecule has 1 aromatic heterocycles. The van der Waals surface area contributed by atoms with Crippen LogP contribution in [0.15, 0.2) is 64.9 Å². The van der Waals surface area contributed by atoms with Gasteiger partial charge in [0.25, 0.3) is 10.0 Å². The Labute approximate surface area is 220 Å². The Hall–Kier alpha value is -2.14. The van der Waals surface area contributed by atoms with Gasteiger partial charge >= 0.3 is 5.97 Å². The van der Waals surface area contributed by atoms with Crippen molar-refractivity contribution in [1.29, 1.82) is 0 Å². The maximum Gasteiger partial charge on any atom is 0.325 e. The van der Waals surface area contributed by atoms with Crippen LogP contribution < -0.4 is 9.46 Å². The van der Waals surface area contributed by atoms with E-state index in [2.05, 4.69) is 4.72 Å². The third-order valence-corrected chi connectivity index (χ3v) is 9.11. The fourth-order valence-corrected chi connectivity index (χ4v) is 6.64. The maximum absolute atomic E-state index is 13.2. The molecule has 0 spiro atoms. The summed E-state index contributed by atoms with van der Waals surface area (Å²) < 4.78 is 34.8. The first-order valence-corrected chi connectivity index (χ1v) is 13.3. The smallest absolute Gasteiger partial charge is 0.325 e. The van der Waals surface area contributed by atoms with Crippen molar-refractivity contribution in [3.05, 3.63) is 71.2 Å². The molecular formula is C24H26Cl2N2O5S2. The lowest BCUT2D eigenvalue weighted by atomic mass is 10.1. The Morgan fingerprint density at radius 3 is 2.51 bits per heavy atom. The van der Waals surface area contributed by atoms with Gasteiger partial charge in [0.15, 0.2) is 0 Å². The van der Waals surface area contributed by atoms with Gasteiger partial charge in [0, 0.05) is 22.4 Å². The molecule has 0 aliphatic heterocycles. The number of ether oxygens (including phenoxy) is 1. The number of nitrogens with zero attached hydrogens (tertiary/aromatic N) is 1. The van der Waals surface area contributed by atoms with Gasteiger partial charge in [-0.15, -0.1) is 23.7 Å². The number of para-hydroxylation sites is 1. The molecule has 0 radical (unpaired) electrons. The van der Waals surface area contributed by atoms with Crippen molar-refractivity contribution < 1.29 is 23.1 Å². The van der Waals surface area contributed by atoms with Gasteiger partial charge in [-0.2, -0.15) is 4.72 Å². The minimum absolute atomic E-state index is 0. The summed E-state index contributed by atoms with van der Waals surface area (Å²) in [5.41, 5.74) is -0.110. The van der Waals surface area contributed by atoms with Crippen molar-refractivity contribution in [2.45, 2.75) is 22.1 Å². The molecule has 11 heteroatoms. The Morgan fingerprint density at radius 1 is 1.17 bits per heavy atom. The van der Waals surface area contributed by atoms with Crippen LogP contribution in [0.4, 0.5) is 0 Å². The standard InChI is InChI=1S/C24H25ClN2O5S2.ClH/c1-27(2)13-14-32-20-6-4-3-5-18(20)19-15-24(19,23(28)29)26-34(30,31)22-12-11-21(33-22)16-7-9-17(25)10-8-16;/h3-12,19,26H,13-15H2,1-2H3,(H,28,29);1H. The van der Waals surface area contributed by atoms with Gasteiger partial charge in [-0.25, -0.2) is 8.42 Å². The van der Waals surface area contributed by atoms with Gasteiger partial charge in [0.1, 0.15) is 22.1 Å². The van der Waals surface area contributed by atoms with E-state index in [-0.39, 0.29) is 23.0 Å². The average Bonchev–Trinajstić information content (AvgIpc) is 3.26. The van der Waals surface area contributed by atoms with E-state index in [4.69, 9.17) is 16.3 Å². The first kappa shape index (κ1) is 27.4. The van der Waals surface area contributed by atoms with Crippen LogP contribution in [-0.4, -0.2) is 57.2 Å². The normalized spacial score (nSPS) is 19.3. The van der Waals surface area contributed by atoms with Crippen LogP contribution in [-0.2, 0) is 14.8 Å². The Bertz CT molecular complexity index is 1300. The van der Waals surface area contributed by atoms with Crippen molar-refractivity contribution in [3.63, 3.8) is 0 Å². The van der Waals surface area contributed by atoms with Crippen LogP contribution in [0.1, 0.15) is 17.9 Å². The van der Waals surface area contributed by atoms with E-state index in [0.717, 1.165) is 21.8 Å². The predicted octanol–water partition coefficient (Wildman–Crippen LogP) is 4.72. The number of aliphatic carboxylic acids is 1. The van der Waals surface area contributed by atoms with Gasteiger partial charge in [0.2, 0.25) is 0 Å². The first-order valence-electron chi connectivity index (χ1n) is 10.6. The number of hydrogen-bond donors (Lipinski definition) is 2. The van der Waals surface area contributed by atoms with Crippen LogP contribution in [0, 0.1) is 0 Å². The van der Waals surface area contributed by atoms with Crippen molar-refractivity contribution in [2.24, 2.45) is 0 Å². The SMILES string of the molecule is CN(C)CCOc1ccccc1C1CC1(NS(=O)(=O)c1ccc(-c2ccc(Cl)cc2)s1)C(=O)O.Cl. The molecule has 4 rings (SSSR count). The second-order valence-corrected chi connectivity index (χ2v) is 11.9. The molecule has 0 bridgehead atoms. The summed E-state index contributed by atoms with van der Waals surface area (Å²) in [6.45, 7) is 1.13. The quantitative estimate of drug-likeness (QED) is 0.375. The maximum atomic E-state index is 13.2. The molecule has 7 nitrogen and oxygen atoms in total. The third-order valence-electron chi connectivity index (χ3n) is 5.72. The molecule has 1 aliphatic carbocycles. The highest BCUT2D eigenvalue weighted by molar-refractivity contribution is 7.91. The van der Waals surface area contributed by atoms with E-state index in [1.165, 1.54) is 6.07 Å². The highest BCUT2D eigenvalue weighted by atomic mass is 35.5. The van der Waals surface area contributed by atoms with Gasteiger partial charge in [-0.05, 0) is 62.0 Å². The second-order valence-electron chi connectivity index (χ2n) is 8.45. The number of nitrogens with one attached hydrogen (secondary N) is 1. The zero-order valence-corrected chi connectivity index (χ0v) is 22.3. The van der Waals surface area contributed by atoms with Crippen LogP contribution in [0.5, 0.6) is 5.75 Å². The summed E-state index contributed by atoms with van der Waals surface area (Å²) in [6, 6.07) is 17.4. The molecular weight excluding hydrogens is 531 g/mol. The van der Waals surface area contributed by atoms with Crippen molar-refractivity contribution in [1.82, 2.24) is 9.62 Å². The van der Waals surface area contributed by atoms with Crippen molar-refractivity contribution >= 4 is 51.3 Å². The molecule has 1 heterocycles. The van der Waals surface area contributed by atoms with Crippen molar-refractivity contribution in [2.75, 3.05) is 27.2 Å². The van der Waals surface area contributed by atoms with E-state index < -0.39 is 27.4 Å². The highest BCUT2D eigenvalue weighted by Crippen LogP contribution is 2.55. The van der Waals surface area contributed by atoms with E-state index in [0.29, 0.717) is 29.5 Å². The van der Waals surface area contributed by atoms with Crippen LogP contribution in [0.25, 0.3) is 10.4 Å². The van der Waals surface area contributed by atoms with E-state index in [1.807, 2.05) is 25.1 Å². The van der Waals surface area contributed by atoms with Gasteiger partial charge < -0.3 is 14.7 Å². The molecule has 0 saturated heterocycles. The highest BCUT2D eigenvalue weighted by Gasteiger charge is 2.64. The zero-order valence-electron chi connectivity index (χ0n) is 19.1. The number of carbonyl (C=O) groups is 1. The molecule has 35 heavy (non-hydrogen) atoms. The molecule has 1 saturated carbocycles. The summed E-state index contributed by atoms with van der Waals surface area (Å²) >= 11 is 7.01. The number of benzene rings is 2. The predicted molar refractivity (Wildman–Crippen MR) is 141 cm³/mol. The average molecular weight is 558 g/mol. The number of sulfonamides is 1. The van der Waals surface area contributed by atoms with Gasteiger partial charge in [-0.3, -0.25) is 4.79 Å². The summed E-state index contributed by atoms with van der Waals surface area (Å²) in [6.07, 6.45) is 0.144. The molecule has 188 valence electrons. The number of likely N-dealkylation sites (N-methyl/N-ethyl adjacent to an activating group) is 1. The minimum Gasteiger partial charge on any atom is -0.492 e. The Morgan fingerprint density at radius 2 is 1.86 bits per heavy atom. The van der Waals surface area contributed by atoms with Gasteiger partial charge in [-0.1, -0.05) is 41.9 Å². The molecule has 2 atom stereocenters. The fourth-order valence-electron chi connectivity index (χ4n) is 3.79. The molecule has 2 aromatic carbocycles. The molecule has 3 aromatic rings. The summed E-state index contributed by atoms with van der Waals surface area (Å²) in [4.78, 5) is 15.0. The topological polar surface area (TPSA) is 95.9 Å². The van der Waals surface area contributed by atoms with Crippen LogP contribution in [0.3, 0.4) is 0 Å². The molecule has 1 fully saturated rings. The number of hydrogen-bond acceptors (Lipinski definition) is 6. The molecule has 2 N–H and O–H groups in total. The lowest BCUT2D eigenvalue weighted by molar-refractivity contribution is -0.140. The Balaban J connectivity index is 0.00000342. The van der Waals surface area contributed by atoms with E-state index in [9.17, 15) is 18.3 Å². The lowest BCUT2D eigenvalue weighted by Crippen LogP contribution is -2.44. The van der Waals surface area contributed by atoms with Crippen LogP contribution in [0.2, 0.25) is 5.02 Å². The minimum atomic E-state index is -4.06. The van der Waals surface area contributed by atoms with E-state index >= 15 is 0 Å². The Kier molecular flexibility index (Phi) is 8.52. The van der Waals surface area contributed by atoms with Crippen LogP contribution >= 0.6 is 35.3 Å². The summed E-state index contributed by atoms with van der Waals surface area (Å²) in [5, 5.41) is 10.6. The van der Waals surface area contributed by atoms with E-state index in [1.54, 1.807) is 48.5 Å². The fraction of sp³-hybridized carbons (Fsp3) is 0.292. The monoisotopic (exact) mass is 556 g/mol. The number of rotatable bonds is 10. The third kappa shape index (κ3) is 5.99. The summed E-state index contributed by atoms with van der Waals surface area (Å²) in [5.74, 6) is -1.18. The largest absolute Gasteiger partial charge is 0.492 e. The lowest BCUT2D eigenvalue weighted by Gasteiger charge is -2.17. The number of halogens is 2. The molecule has 0 amide bonds. The first-order chi connectivity index (χ1) is 16.1. The molecule has 2 unspecified atom stereocenters.